The van der Waals surface area contributed by atoms with Gasteiger partial charge in [-0.05, 0) is 18.6 Å². The van der Waals surface area contributed by atoms with Gasteiger partial charge in [-0.25, -0.2) is 14.6 Å². The fourth-order valence-electron chi connectivity index (χ4n) is 2.72. The lowest BCUT2D eigenvalue weighted by Gasteiger charge is -2.33. The van der Waals surface area contributed by atoms with E-state index in [0.717, 1.165) is 22.9 Å². The Morgan fingerprint density at radius 2 is 1.97 bits per heavy atom. The van der Waals surface area contributed by atoms with Crippen LogP contribution in [0, 0.1) is 0 Å². The Bertz CT molecular complexity index is 816. The van der Waals surface area contributed by atoms with Crippen LogP contribution in [-0.2, 0) is 20.8 Å². The number of piperazine rings is 1. The quantitative estimate of drug-likeness (QED) is 0.459. The summed E-state index contributed by atoms with van der Waals surface area (Å²) in [6.45, 7) is 7.04. The van der Waals surface area contributed by atoms with Gasteiger partial charge >= 0.3 is 12.1 Å². The molecule has 3 heterocycles. The maximum absolute atomic E-state index is 12.0. The third kappa shape index (κ3) is 5.62. The summed E-state index contributed by atoms with van der Waals surface area (Å²) in [5, 5.41) is 12.9. The first-order valence-electron chi connectivity index (χ1n) is 9.67. The van der Waals surface area contributed by atoms with E-state index < -0.39 is 5.97 Å². The van der Waals surface area contributed by atoms with Crippen LogP contribution in [0.15, 0.2) is 6.20 Å². The Hall–Kier alpha value is -2.76. The Morgan fingerprint density at radius 1 is 1.17 bits per heavy atom. The van der Waals surface area contributed by atoms with Crippen molar-refractivity contribution in [3.8, 4) is 10.7 Å². The van der Waals surface area contributed by atoms with Gasteiger partial charge in [0.1, 0.15) is 0 Å². The molecule has 2 aromatic heterocycles. The maximum Gasteiger partial charge on any atom is 0.409 e. The smallest absolute Gasteiger partial charge is 0.409 e. The SMILES string of the molecule is CCCCOC(=O)N1CCN(c2ncc(-c3nnn(CC(=O)OCC)n3)s2)CC1. The number of ether oxygens (including phenoxy) is 2. The number of amides is 1. The summed E-state index contributed by atoms with van der Waals surface area (Å²) in [5.41, 5.74) is 0. The first kappa shape index (κ1) is 21.0. The Kier molecular flexibility index (Phi) is 7.33. The van der Waals surface area contributed by atoms with Gasteiger partial charge in [0.15, 0.2) is 11.7 Å². The van der Waals surface area contributed by atoms with E-state index in [1.165, 1.54) is 16.1 Å². The molecule has 12 heteroatoms. The molecule has 0 saturated carbocycles. The number of unbranched alkanes of at least 4 members (excludes halogenated alkanes) is 1. The number of anilines is 1. The molecular weight excluding hydrogens is 398 g/mol. The van der Waals surface area contributed by atoms with E-state index in [2.05, 4.69) is 32.2 Å². The number of carbonyl (C=O) groups excluding carboxylic acids is 2. The van der Waals surface area contributed by atoms with Gasteiger partial charge in [-0.2, -0.15) is 4.80 Å². The average Bonchev–Trinajstić information content (AvgIpc) is 3.38. The molecule has 3 rings (SSSR count). The van der Waals surface area contributed by atoms with Gasteiger partial charge in [0, 0.05) is 26.2 Å². The number of nitrogens with zero attached hydrogens (tertiary/aromatic N) is 7. The molecule has 158 valence electrons. The molecular formula is C17H25N7O4S. The predicted octanol–water partition coefficient (Wildman–Crippen LogP) is 1.42. The third-order valence-electron chi connectivity index (χ3n) is 4.27. The summed E-state index contributed by atoms with van der Waals surface area (Å²) < 4.78 is 10.1. The van der Waals surface area contributed by atoms with Crippen LogP contribution < -0.4 is 4.90 Å². The third-order valence-corrected chi connectivity index (χ3v) is 5.33. The second-order valence-corrected chi connectivity index (χ2v) is 7.41. The summed E-state index contributed by atoms with van der Waals surface area (Å²) in [4.78, 5) is 33.8. The van der Waals surface area contributed by atoms with Crippen LogP contribution >= 0.6 is 11.3 Å². The molecule has 0 radical (unpaired) electrons. The molecule has 1 fully saturated rings. The minimum atomic E-state index is -0.410. The molecule has 0 bridgehead atoms. The largest absolute Gasteiger partial charge is 0.465 e. The summed E-state index contributed by atoms with van der Waals surface area (Å²) in [7, 11) is 0. The van der Waals surface area contributed by atoms with E-state index in [0.29, 0.717) is 45.2 Å². The van der Waals surface area contributed by atoms with E-state index in [9.17, 15) is 9.59 Å². The molecule has 0 aromatic carbocycles. The Morgan fingerprint density at radius 3 is 2.69 bits per heavy atom. The second kappa shape index (κ2) is 10.1. The van der Waals surface area contributed by atoms with Gasteiger partial charge in [-0.15, -0.1) is 10.2 Å². The lowest BCUT2D eigenvalue weighted by Crippen LogP contribution is -2.49. The second-order valence-electron chi connectivity index (χ2n) is 6.40. The zero-order valence-corrected chi connectivity index (χ0v) is 17.4. The molecule has 0 N–H and O–H groups in total. The number of carbonyl (C=O) groups is 2. The molecule has 0 aliphatic carbocycles. The number of rotatable bonds is 8. The maximum atomic E-state index is 12.0. The highest BCUT2D eigenvalue weighted by Crippen LogP contribution is 2.29. The van der Waals surface area contributed by atoms with E-state index in [4.69, 9.17) is 9.47 Å². The van der Waals surface area contributed by atoms with E-state index in [1.807, 2.05) is 0 Å². The highest BCUT2D eigenvalue weighted by Gasteiger charge is 2.24. The Labute approximate surface area is 172 Å². The minimum Gasteiger partial charge on any atom is -0.465 e. The highest BCUT2D eigenvalue weighted by atomic mass is 32.1. The van der Waals surface area contributed by atoms with Crippen molar-refractivity contribution >= 4 is 28.5 Å². The monoisotopic (exact) mass is 423 g/mol. The number of esters is 1. The molecule has 0 unspecified atom stereocenters. The molecule has 29 heavy (non-hydrogen) atoms. The predicted molar refractivity (Wildman–Crippen MR) is 106 cm³/mol. The minimum absolute atomic E-state index is 0.0805. The fraction of sp³-hybridized carbons (Fsp3) is 0.647. The van der Waals surface area contributed by atoms with Crippen LogP contribution in [0.3, 0.4) is 0 Å². The van der Waals surface area contributed by atoms with Crippen molar-refractivity contribution in [2.24, 2.45) is 0 Å². The molecule has 1 saturated heterocycles. The van der Waals surface area contributed by atoms with Gasteiger partial charge in [0.25, 0.3) is 0 Å². The lowest BCUT2D eigenvalue weighted by molar-refractivity contribution is -0.144. The van der Waals surface area contributed by atoms with Gasteiger partial charge in [0.2, 0.25) is 5.82 Å². The van der Waals surface area contributed by atoms with Crippen LogP contribution in [0.25, 0.3) is 10.7 Å². The van der Waals surface area contributed by atoms with Gasteiger partial charge < -0.3 is 19.3 Å². The standard InChI is InChI=1S/C17H25N7O4S/c1-3-5-10-28-17(26)23-8-6-22(7-9-23)16-18-11-13(29-16)15-19-21-24(20-15)12-14(25)27-4-2/h11H,3-10,12H2,1-2H3. The van der Waals surface area contributed by atoms with Crippen LogP contribution in [0.4, 0.5) is 9.93 Å². The van der Waals surface area contributed by atoms with Crippen molar-refractivity contribution in [1.29, 1.82) is 0 Å². The van der Waals surface area contributed by atoms with Crippen LogP contribution in [0.2, 0.25) is 0 Å². The zero-order valence-electron chi connectivity index (χ0n) is 16.6. The normalized spacial score (nSPS) is 14.1. The van der Waals surface area contributed by atoms with Crippen molar-refractivity contribution in [2.45, 2.75) is 33.2 Å². The lowest BCUT2D eigenvalue weighted by atomic mass is 10.3. The van der Waals surface area contributed by atoms with Gasteiger partial charge in [-0.1, -0.05) is 24.7 Å². The van der Waals surface area contributed by atoms with Crippen molar-refractivity contribution in [3.63, 3.8) is 0 Å². The van der Waals surface area contributed by atoms with Crippen LogP contribution in [0.1, 0.15) is 26.7 Å². The molecule has 1 amide bonds. The van der Waals surface area contributed by atoms with Gasteiger partial charge in [0.05, 0.1) is 24.3 Å². The van der Waals surface area contributed by atoms with E-state index >= 15 is 0 Å². The van der Waals surface area contributed by atoms with E-state index in [-0.39, 0.29) is 12.6 Å². The summed E-state index contributed by atoms with van der Waals surface area (Å²) >= 11 is 1.45. The summed E-state index contributed by atoms with van der Waals surface area (Å²) in [6.07, 6.45) is 3.32. The van der Waals surface area contributed by atoms with Crippen LogP contribution in [0.5, 0.6) is 0 Å². The highest BCUT2D eigenvalue weighted by molar-refractivity contribution is 7.18. The molecule has 1 aliphatic rings. The summed E-state index contributed by atoms with van der Waals surface area (Å²) in [5.74, 6) is 0.00345. The number of hydrogen-bond acceptors (Lipinski definition) is 10. The average molecular weight is 423 g/mol. The number of hydrogen-bond donors (Lipinski definition) is 0. The van der Waals surface area contributed by atoms with Crippen molar-refractivity contribution in [2.75, 3.05) is 44.3 Å². The number of aromatic nitrogens is 5. The number of tetrazole rings is 1. The Balaban J connectivity index is 1.53. The van der Waals surface area contributed by atoms with Gasteiger partial charge in [-0.3, -0.25) is 0 Å². The first-order chi connectivity index (χ1) is 14.1. The molecule has 11 nitrogen and oxygen atoms in total. The molecule has 1 aliphatic heterocycles. The van der Waals surface area contributed by atoms with E-state index in [1.54, 1.807) is 18.0 Å². The molecule has 0 atom stereocenters. The van der Waals surface area contributed by atoms with Crippen molar-refractivity contribution in [1.82, 2.24) is 30.1 Å². The zero-order chi connectivity index (χ0) is 20.6. The summed E-state index contributed by atoms with van der Waals surface area (Å²) in [6, 6.07) is 0. The van der Waals surface area contributed by atoms with Crippen molar-refractivity contribution in [3.05, 3.63) is 6.20 Å². The van der Waals surface area contributed by atoms with Crippen molar-refractivity contribution < 1.29 is 19.1 Å². The topological polar surface area (TPSA) is 116 Å². The number of thiazole rings is 1. The molecule has 0 spiro atoms. The molecule has 2 aromatic rings. The fourth-order valence-corrected chi connectivity index (χ4v) is 3.61. The van der Waals surface area contributed by atoms with Crippen LogP contribution in [-0.4, -0.2) is 81.5 Å². The first-order valence-corrected chi connectivity index (χ1v) is 10.5.